The lowest BCUT2D eigenvalue weighted by atomic mass is 9.56. The second-order valence-corrected chi connectivity index (χ2v) is 12.1. The van der Waals surface area contributed by atoms with Gasteiger partial charge in [0.2, 0.25) is 5.91 Å². The molecule has 3 unspecified atom stereocenters. The summed E-state index contributed by atoms with van der Waals surface area (Å²) >= 11 is 0. The Kier molecular flexibility index (Phi) is 10.2. The number of hydrogen-bond acceptors (Lipinski definition) is 6. The first-order valence-corrected chi connectivity index (χ1v) is 15.4. The van der Waals surface area contributed by atoms with Gasteiger partial charge in [0.1, 0.15) is 11.5 Å². The molecule has 0 spiro atoms. The molecule has 2 aromatic rings. The summed E-state index contributed by atoms with van der Waals surface area (Å²) in [6, 6.07) is 12.7. The highest BCUT2D eigenvalue weighted by Gasteiger charge is 2.59. The van der Waals surface area contributed by atoms with Crippen LogP contribution in [0.25, 0.3) is 0 Å². The summed E-state index contributed by atoms with van der Waals surface area (Å²) in [5, 5.41) is 15.8. The second-order valence-electron chi connectivity index (χ2n) is 12.1. The van der Waals surface area contributed by atoms with Gasteiger partial charge in [0, 0.05) is 31.0 Å². The maximum absolute atomic E-state index is 14.5. The Balaban J connectivity index is 1.79. The number of aryl methyl sites for hydroxylation is 1. The smallest absolute Gasteiger partial charge is 0.324 e. The quantitative estimate of drug-likeness (QED) is 0.348. The first kappa shape index (κ1) is 31.8. The molecule has 3 amide bonds. The van der Waals surface area contributed by atoms with Crippen LogP contribution in [0.5, 0.6) is 11.5 Å². The monoisotopic (exact) mass is 579 g/mol. The zero-order chi connectivity index (χ0) is 30.5. The highest BCUT2D eigenvalue weighted by Crippen LogP contribution is 2.52. The van der Waals surface area contributed by atoms with Crippen LogP contribution in [0, 0.1) is 12.8 Å². The zero-order valence-electron chi connectivity index (χ0n) is 26.2. The molecule has 8 nitrogen and oxygen atoms in total. The molecule has 42 heavy (non-hydrogen) atoms. The number of likely N-dealkylation sites (tertiary alicyclic amines) is 1. The largest absolute Gasteiger partial charge is 0.497 e. The number of ether oxygens (including phenoxy) is 2. The lowest BCUT2D eigenvalue weighted by molar-refractivity contribution is -0.155. The minimum absolute atomic E-state index is 0.00635. The number of hydrogen-bond donors (Lipinski definition) is 2. The molecule has 1 saturated carbocycles. The first-order valence-electron chi connectivity index (χ1n) is 15.4. The molecule has 230 valence electrons. The Labute approximate surface area is 251 Å². The number of amides is 3. The van der Waals surface area contributed by atoms with Crippen molar-refractivity contribution in [3.63, 3.8) is 0 Å². The van der Waals surface area contributed by atoms with Gasteiger partial charge in [-0.15, -0.1) is 0 Å². The number of benzene rings is 2. The zero-order valence-corrected chi connectivity index (χ0v) is 26.2. The van der Waals surface area contributed by atoms with Crippen molar-refractivity contribution in [2.24, 2.45) is 5.92 Å². The minimum Gasteiger partial charge on any atom is -0.497 e. The van der Waals surface area contributed by atoms with Crippen LogP contribution in [0.15, 0.2) is 42.5 Å². The summed E-state index contributed by atoms with van der Waals surface area (Å²) in [6.45, 7) is 10.3. The van der Waals surface area contributed by atoms with Gasteiger partial charge in [-0.2, -0.15) is 0 Å². The molecule has 3 atom stereocenters. The van der Waals surface area contributed by atoms with E-state index >= 15 is 0 Å². The van der Waals surface area contributed by atoms with Gasteiger partial charge in [0.25, 0.3) is 0 Å². The van der Waals surface area contributed by atoms with Gasteiger partial charge in [0.05, 0.1) is 26.4 Å². The molecule has 2 aliphatic rings. The SMILES string of the molecule is CCCC1(O)C(C)N(CC2CC2)CCC1(CC(=O)N(Cc1ccc(OC)cc1)C(=O)NCC)c1cc(OC)ccc1C. The van der Waals surface area contributed by atoms with E-state index in [9.17, 15) is 14.7 Å². The van der Waals surface area contributed by atoms with Crippen LogP contribution in [-0.4, -0.2) is 72.3 Å². The van der Waals surface area contributed by atoms with Crippen LogP contribution in [-0.2, 0) is 16.8 Å². The fourth-order valence-electron chi connectivity index (χ4n) is 6.89. The molecule has 2 fully saturated rings. The van der Waals surface area contributed by atoms with Gasteiger partial charge < -0.3 is 19.9 Å². The molecule has 4 rings (SSSR count). The van der Waals surface area contributed by atoms with E-state index in [0.717, 1.165) is 36.2 Å². The van der Waals surface area contributed by atoms with Crippen molar-refractivity contribution in [3.05, 3.63) is 59.2 Å². The van der Waals surface area contributed by atoms with Crippen LogP contribution in [0.2, 0.25) is 0 Å². The maximum atomic E-state index is 14.5. The first-order chi connectivity index (χ1) is 20.1. The fraction of sp³-hybridized carbons (Fsp3) is 0.588. The van der Waals surface area contributed by atoms with Crippen LogP contribution >= 0.6 is 0 Å². The van der Waals surface area contributed by atoms with Gasteiger partial charge in [-0.1, -0.05) is 31.5 Å². The van der Waals surface area contributed by atoms with E-state index in [1.165, 1.54) is 17.7 Å². The number of urea groups is 1. The Morgan fingerprint density at radius 1 is 1.07 bits per heavy atom. The molecular weight excluding hydrogens is 530 g/mol. The highest BCUT2D eigenvalue weighted by molar-refractivity contribution is 5.95. The second kappa shape index (κ2) is 13.5. The molecule has 1 saturated heterocycles. The third kappa shape index (κ3) is 6.45. The van der Waals surface area contributed by atoms with Crippen molar-refractivity contribution in [1.29, 1.82) is 0 Å². The third-order valence-corrected chi connectivity index (χ3v) is 9.50. The lowest BCUT2D eigenvalue weighted by Crippen LogP contribution is -2.69. The van der Waals surface area contributed by atoms with Gasteiger partial charge >= 0.3 is 6.03 Å². The molecule has 1 heterocycles. The summed E-state index contributed by atoms with van der Waals surface area (Å²) in [5.41, 5.74) is 0.626. The number of rotatable bonds is 12. The van der Waals surface area contributed by atoms with Gasteiger partial charge in [0.15, 0.2) is 0 Å². The summed E-state index contributed by atoms with van der Waals surface area (Å²) in [4.78, 5) is 31.5. The van der Waals surface area contributed by atoms with Crippen LogP contribution < -0.4 is 14.8 Å². The van der Waals surface area contributed by atoms with Crippen molar-refractivity contribution in [2.45, 2.75) is 89.8 Å². The molecule has 8 heteroatoms. The fourth-order valence-corrected chi connectivity index (χ4v) is 6.89. The van der Waals surface area contributed by atoms with Crippen molar-refractivity contribution in [2.75, 3.05) is 33.9 Å². The number of nitrogens with zero attached hydrogens (tertiary/aromatic N) is 2. The van der Waals surface area contributed by atoms with E-state index in [2.05, 4.69) is 24.1 Å². The van der Waals surface area contributed by atoms with E-state index in [1.807, 2.05) is 56.3 Å². The number of nitrogens with one attached hydrogen (secondary N) is 1. The normalized spacial score (nSPS) is 24.2. The van der Waals surface area contributed by atoms with E-state index in [4.69, 9.17) is 9.47 Å². The van der Waals surface area contributed by atoms with E-state index < -0.39 is 17.0 Å². The summed E-state index contributed by atoms with van der Waals surface area (Å²) in [6.07, 6.45) is 4.39. The van der Waals surface area contributed by atoms with Crippen molar-refractivity contribution in [3.8, 4) is 11.5 Å². The van der Waals surface area contributed by atoms with E-state index in [1.54, 1.807) is 14.2 Å². The number of methoxy groups -OCH3 is 2. The van der Waals surface area contributed by atoms with E-state index in [-0.39, 0.29) is 24.9 Å². The molecule has 0 radical (unpaired) electrons. The third-order valence-electron chi connectivity index (χ3n) is 9.50. The standard InChI is InChI=1S/C34H49N3O5/c1-7-17-34(40)25(4)36(22-26-10-11-26)19-18-33(34,30-20-29(42-6)14-9-24(30)3)21-31(38)37(32(39)35-8-2)23-27-12-15-28(41-5)16-13-27/h9,12-16,20,25-26,40H,7-8,10-11,17-19,21-23H2,1-6H3,(H,35,39). The number of piperidine rings is 1. The molecule has 1 aliphatic heterocycles. The molecule has 0 bridgehead atoms. The van der Waals surface area contributed by atoms with Gasteiger partial charge in [-0.25, -0.2) is 4.79 Å². The van der Waals surface area contributed by atoms with Crippen molar-refractivity contribution in [1.82, 2.24) is 15.1 Å². The number of aliphatic hydroxyl groups is 1. The number of imide groups is 1. The molecule has 1 aliphatic carbocycles. The predicted molar refractivity (Wildman–Crippen MR) is 165 cm³/mol. The van der Waals surface area contributed by atoms with Crippen LogP contribution in [0.1, 0.15) is 76.0 Å². The highest BCUT2D eigenvalue weighted by atomic mass is 16.5. The van der Waals surface area contributed by atoms with Crippen molar-refractivity contribution >= 4 is 11.9 Å². The predicted octanol–water partition coefficient (Wildman–Crippen LogP) is 5.43. The average molecular weight is 580 g/mol. The van der Waals surface area contributed by atoms with E-state index in [0.29, 0.717) is 36.8 Å². The molecule has 0 aromatic heterocycles. The summed E-state index contributed by atoms with van der Waals surface area (Å²) in [5.74, 6) is 1.77. The average Bonchev–Trinajstić information content (AvgIpc) is 3.81. The molecular formula is C34H49N3O5. The number of carbonyl (C=O) groups is 2. The Hall–Kier alpha value is -3.10. The summed E-state index contributed by atoms with van der Waals surface area (Å²) < 4.78 is 10.9. The number of carbonyl (C=O) groups excluding carboxylic acids is 2. The topological polar surface area (TPSA) is 91.3 Å². The maximum Gasteiger partial charge on any atom is 0.324 e. The van der Waals surface area contributed by atoms with Gasteiger partial charge in [-0.05, 0) is 99.9 Å². The summed E-state index contributed by atoms with van der Waals surface area (Å²) in [7, 11) is 3.24. The molecule has 2 aromatic carbocycles. The lowest BCUT2D eigenvalue weighted by Gasteiger charge is -2.58. The van der Waals surface area contributed by atoms with Crippen LogP contribution in [0.4, 0.5) is 4.79 Å². The molecule has 2 N–H and O–H groups in total. The Morgan fingerprint density at radius 2 is 1.74 bits per heavy atom. The van der Waals surface area contributed by atoms with Gasteiger partial charge in [-0.3, -0.25) is 14.6 Å². The minimum atomic E-state index is -1.20. The Morgan fingerprint density at radius 3 is 2.33 bits per heavy atom. The van der Waals surface area contributed by atoms with Crippen molar-refractivity contribution < 1.29 is 24.2 Å². The van der Waals surface area contributed by atoms with Crippen LogP contribution in [0.3, 0.4) is 0 Å². The Bertz CT molecular complexity index is 1230.